The van der Waals surface area contributed by atoms with Crippen LogP contribution >= 0.6 is 0 Å². The van der Waals surface area contributed by atoms with Crippen molar-refractivity contribution < 1.29 is 9.47 Å². The Kier molecular flexibility index (Phi) is 5.92. The highest BCUT2D eigenvalue weighted by molar-refractivity contribution is 5.45. The predicted octanol–water partition coefficient (Wildman–Crippen LogP) is 3.98. The van der Waals surface area contributed by atoms with Gasteiger partial charge in [-0.05, 0) is 29.5 Å². The Morgan fingerprint density at radius 1 is 1.05 bits per heavy atom. The Hall–Kier alpha value is -1.22. The molecule has 0 amide bonds. The molecule has 0 saturated heterocycles. The number of hydrogen-bond donors (Lipinski definition) is 1. The lowest BCUT2D eigenvalue weighted by molar-refractivity contribution is 0.171. The number of rotatable bonds is 7. The number of fused-ring (bicyclic) bond motifs is 1. The first-order chi connectivity index (χ1) is 10.2. The van der Waals surface area contributed by atoms with E-state index in [1.165, 1.54) is 18.4 Å². The van der Waals surface area contributed by atoms with Crippen molar-refractivity contribution in [1.82, 2.24) is 5.32 Å². The van der Waals surface area contributed by atoms with Gasteiger partial charge in [-0.25, -0.2) is 0 Å². The van der Waals surface area contributed by atoms with Crippen molar-refractivity contribution in [3.05, 3.63) is 23.8 Å². The molecule has 0 radical (unpaired) electrons. The molecule has 118 valence electrons. The van der Waals surface area contributed by atoms with Gasteiger partial charge >= 0.3 is 0 Å². The first kappa shape index (κ1) is 16.2. The van der Waals surface area contributed by atoms with Gasteiger partial charge in [0.25, 0.3) is 0 Å². The largest absolute Gasteiger partial charge is 0.486 e. The monoisotopic (exact) mass is 291 g/mol. The van der Waals surface area contributed by atoms with Gasteiger partial charge in [0.15, 0.2) is 11.5 Å². The molecular weight excluding hydrogens is 262 g/mol. The molecule has 2 rings (SSSR count). The van der Waals surface area contributed by atoms with Crippen molar-refractivity contribution in [2.24, 2.45) is 5.92 Å². The summed E-state index contributed by atoms with van der Waals surface area (Å²) in [5, 5.41) is 3.60. The van der Waals surface area contributed by atoms with Crippen molar-refractivity contribution in [2.75, 3.05) is 19.8 Å². The second-order valence-electron chi connectivity index (χ2n) is 6.15. The quantitative estimate of drug-likeness (QED) is 0.824. The lowest BCUT2D eigenvalue weighted by Crippen LogP contribution is -2.31. The smallest absolute Gasteiger partial charge is 0.161 e. The molecule has 3 heteroatoms. The molecular formula is C18H29NO2. The molecule has 3 nitrogen and oxygen atoms in total. The van der Waals surface area contributed by atoms with Crippen LogP contribution in [0, 0.1) is 5.92 Å². The molecule has 0 bridgehead atoms. The molecule has 1 N–H and O–H groups in total. The first-order valence-electron chi connectivity index (χ1n) is 8.28. The second kappa shape index (κ2) is 7.69. The molecule has 0 spiro atoms. The zero-order chi connectivity index (χ0) is 15.2. The van der Waals surface area contributed by atoms with E-state index >= 15 is 0 Å². The van der Waals surface area contributed by atoms with Crippen LogP contribution in [0.3, 0.4) is 0 Å². The molecule has 1 heterocycles. The van der Waals surface area contributed by atoms with E-state index in [4.69, 9.17) is 9.47 Å². The van der Waals surface area contributed by atoms with Crippen LogP contribution in [0.5, 0.6) is 11.5 Å². The zero-order valence-electron chi connectivity index (χ0n) is 13.8. The summed E-state index contributed by atoms with van der Waals surface area (Å²) in [5.74, 6) is 3.00. The van der Waals surface area contributed by atoms with Crippen molar-refractivity contribution >= 4 is 0 Å². The van der Waals surface area contributed by atoms with Crippen LogP contribution in [-0.2, 0) is 0 Å². The summed E-state index contributed by atoms with van der Waals surface area (Å²) in [7, 11) is 0. The van der Waals surface area contributed by atoms with Crippen LogP contribution < -0.4 is 14.8 Å². The van der Waals surface area contributed by atoms with Gasteiger partial charge in [-0.2, -0.15) is 0 Å². The van der Waals surface area contributed by atoms with Gasteiger partial charge < -0.3 is 14.8 Å². The third-order valence-corrected chi connectivity index (χ3v) is 4.36. The molecule has 1 aliphatic rings. The highest BCUT2D eigenvalue weighted by Gasteiger charge is 2.23. The molecule has 21 heavy (non-hydrogen) atoms. The van der Waals surface area contributed by atoms with Crippen molar-refractivity contribution in [2.45, 2.75) is 52.5 Å². The van der Waals surface area contributed by atoms with E-state index < -0.39 is 0 Å². The van der Waals surface area contributed by atoms with Gasteiger partial charge in [0.2, 0.25) is 0 Å². The van der Waals surface area contributed by atoms with Crippen LogP contribution in [-0.4, -0.2) is 25.8 Å². The summed E-state index contributed by atoms with van der Waals surface area (Å²) in [5.41, 5.74) is 1.36. The Balaban J connectivity index is 2.22. The molecule has 1 unspecified atom stereocenters. The minimum Gasteiger partial charge on any atom is -0.486 e. The Morgan fingerprint density at radius 3 is 2.33 bits per heavy atom. The molecule has 0 aromatic heterocycles. The van der Waals surface area contributed by atoms with Crippen molar-refractivity contribution in [1.29, 1.82) is 0 Å². The molecule has 0 fully saturated rings. The number of nitrogens with one attached hydrogen (secondary N) is 1. The summed E-state index contributed by atoms with van der Waals surface area (Å²) in [6, 6.07) is 6.96. The molecule has 1 aromatic carbocycles. The first-order valence-corrected chi connectivity index (χ1v) is 8.28. The number of hydrogen-bond acceptors (Lipinski definition) is 3. The van der Waals surface area contributed by atoms with Crippen molar-refractivity contribution in [3.8, 4) is 11.5 Å². The topological polar surface area (TPSA) is 30.5 Å². The van der Waals surface area contributed by atoms with Crippen LogP contribution in [0.1, 0.15) is 52.0 Å². The lowest BCUT2D eigenvalue weighted by Gasteiger charge is -2.28. The van der Waals surface area contributed by atoms with E-state index in [1.54, 1.807) is 0 Å². The highest BCUT2D eigenvalue weighted by Crippen LogP contribution is 2.36. The fraction of sp³-hybridized carbons (Fsp3) is 0.667. The molecule has 1 atom stereocenters. The van der Waals surface area contributed by atoms with Gasteiger partial charge in [-0.3, -0.25) is 0 Å². The van der Waals surface area contributed by atoms with E-state index in [0.29, 0.717) is 31.1 Å². The maximum atomic E-state index is 5.74. The SMILES string of the molecule is CCC(CC)C(CNC(C)C)c1ccc2c(c1)OCCO2. The van der Waals surface area contributed by atoms with Gasteiger partial charge in [-0.15, -0.1) is 0 Å². The summed E-state index contributed by atoms with van der Waals surface area (Å²) < 4.78 is 11.4. The third kappa shape index (κ3) is 4.13. The van der Waals surface area contributed by atoms with Crippen LogP contribution in [0.25, 0.3) is 0 Å². The average molecular weight is 291 g/mol. The summed E-state index contributed by atoms with van der Waals surface area (Å²) in [6.45, 7) is 11.3. The molecule has 0 saturated carbocycles. The van der Waals surface area contributed by atoms with Crippen LogP contribution in [0.2, 0.25) is 0 Å². The Bertz CT molecular complexity index is 441. The van der Waals surface area contributed by atoms with E-state index in [0.717, 1.165) is 18.0 Å². The van der Waals surface area contributed by atoms with Gasteiger partial charge in [0, 0.05) is 12.6 Å². The maximum absolute atomic E-state index is 5.74. The Labute approximate surface area is 129 Å². The molecule has 1 aromatic rings. The third-order valence-electron chi connectivity index (χ3n) is 4.36. The van der Waals surface area contributed by atoms with E-state index in [-0.39, 0.29) is 0 Å². The van der Waals surface area contributed by atoms with Crippen LogP contribution in [0.4, 0.5) is 0 Å². The predicted molar refractivity (Wildman–Crippen MR) is 87.4 cm³/mol. The fourth-order valence-corrected chi connectivity index (χ4v) is 3.07. The zero-order valence-corrected chi connectivity index (χ0v) is 13.8. The van der Waals surface area contributed by atoms with E-state index in [9.17, 15) is 0 Å². The average Bonchev–Trinajstić information content (AvgIpc) is 2.50. The van der Waals surface area contributed by atoms with Gasteiger partial charge in [0.05, 0.1) is 0 Å². The molecule has 1 aliphatic heterocycles. The van der Waals surface area contributed by atoms with Gasteiger partial charge in [-0.1, -0.05) is 46.6 Å². The summed E-state index contributed by atoms with van der Waals surface area (Å²) >= 11 is 0. The number of benzene rings is 1. The maximum Gasteiger partial charge on any atom is 0.161 e. The van der Waals surface area contributed by atoms with Crippen LogP contribution in [0.15, 0.2) is 18.2 Å². The van der Waals surface area contributed by atoms with Crippen molar-refractivity contribution in [3.63, 3.8) is 0 Å². The molecule has 0 aliphatic carbocycles. The standard InChI is InChI=1S/C18H29NO2/c1-5-14(6-2)16(12-19-13(3)4)15-7-8-17-18(11-15)21-10-9-20-17/h7-8,11,13-14,16,19H,5-6,9-10,12H2,1-4H3. The minimum absolute atomic E-state index is 0.513. The fourth-order valence-electron chi connectivity index (χ4n) is 3.07. The lowest BCUT2D eigenvalue weighted by atomic mass is 9.82. The van der Waals surface area contributed by atoms with Gasteiger partial charge in [0.1, 0.15) is 13.2 Å². The Morgan fingerprint density at radius 2 is 1.71 bits per heavy atom. The van der Waals surface area contributed by atoms with E-state index in [1.807, 2.05) is 0 Å². The number of ether oxygens (including phenoxy) is 2. The normalized spacial score (nSPS) is 15.5. The van der Waals surface area contributed by atoms with E-state index in [2.05, 4.69) is 51.2 Å². The summed E-state index contributed by atoms with van der Waals surface area (Å²) in [4.78, 5) is 0. The summed E-state index contributed by atoms with van der Waals surface area (Å²) in [6.07, 6.45) is 2.41. The highest BCUT2D eigenvalue weighted by atomic mass is 16.6. The second-order valence-corrected chi connectivity index (χ2v) is 6.15. The minimum atomic E-state index is 0.513.